The Morgan fingerprint density at radius 2 is 1.04 bits per heavy atom. The molecule has 0 N–H and O–H groups in total. The maximum absolute atomic E-state index is 7.43. The fraction of sp³-hybridized carbons (Fsp3) is 0.151. The van der Waals surface area contributed by atoms with Crippen LogP contribution in [0.15, 0.2) is 235 Å². The second kappa shape index (κ2) is 15.9. The van der Waals surface area contributed by atoms with Crippen LogP contribution in [0.1, 0.15) is 79.0 Å². The normalized spacial score (nSPS) is 19.2. The number of hydrogen-bond acceptors (Lipinski definition) is 3. The number of para-hydroxylation sites is 1. The predicted octanol–water partition coefficient (Wildman–Crippen LogP) is 19.5. The number of ether oxygens (including phenoxy) is 1. The molecule has 76 heavy (non-hydrogen) atoms. The SMILES string of the molecule is CC1CCC[C@@]2(c3cccc(N(c4ccc(-c5ccc6c(c5)oc5ccccc56)cc4)c4ccc5c(c4)C(C)(C)c4ccccc4-5)c3)c3ccccc3C3(c4ccc5ccccc5c4Oc4c3ccc3ccccc43)C12. The molecule has 364 valence electrons. The molecule has 0 saturated heterocycles. The third-order valence-corrected chi connectivity index (χ3v) is 18.7. The Balaban J connectivity index is 0.905. The van der Waals surface area contributed by atoms with Gasteiger partial charge in [0, 0.05) is 60.6 Å². The molecule has 12 aromatic rings. The number of furan rings is 1. The highest BCUT2D eigenvalue weighted by Crippen LogP contribution is 2.72. The van der Waals surface area contributed by atoms with Gasteiger partial charge in [0.25, 0.3) is 0 Å². The predicted molar refractivity (Wildman–Crippen MR) is 313 cm³/mol. The Labute approximate surface area is 443 Å². The van der Waals surface area contributed by atoms with Crippen molar-refractivity contribution in [1.29, 1.82) is 0 Å². The summed E-state index contributed by atoms with van der Waals surface area (Å²) in [6, 6.07) is 86.7. The van der Waals surface area contributed by atoms with E-state index in [1.807, 2.05) is 6.07 Å². The van der Waals surface area contributed by atoms with Crippen molar-refractivity contribution in [3.05, 3.63) is 269 Å². The van der Waals surface area contributed by atoms with Crippen molar-refractivity contribution in [2.24, 2.45) is 11.8 Å². The van der Waals surface area contributed by atoms with Crippen molar-refractivity contribution in [2.75, 3.05) is 4.90 Å². The van der Waals surface area contributed by atoms with E-state index in [9.17, 15) is 0 Å². The molecule has 2 heterocycles. The molecule has 1 spiro atoms. The van der Waals surface area contributed by atoms with Crippen LogP contribution in [0.25, 0.3) is 65.7 Å². The van der Waals surface area contributed by atoms with E-state index in [2.05, 4.69) is 250 Å². The van der Waals surface area contributed by atoms with Crippen molar-refractivity contribution in [1.82, 2.24) is 0 Å². The molecule has 0 bridgehead atoms. The van der Waals surface area contributed by atoms with Gasteiger partial charge >= 0.3 is 0 Å². The molecule has 1 fully saturated rings. The molecule has 1 aliphatic heterocycles. The molecule has 3 atom stereocenters. The van der Waals surface area contributed by atoms with Crippen LogP contribution < -0.4 is 9.64 Å². The van der Waals surface area contributed by atoms with E-state index in [0.29, 0.717) is 5.92 Å². The van der Waals surface area contributed by atoms with Gasteiger partial charge in [-0.3, -0.25) is 0 Å². The molecule has 0 radical (unpaired) electrons. The lowest BCUT2D eigenvalue weighted by molar-refractivity contribution is 0.125. The minimum atomic E-state index is -0.495. The topological polar surface area (TPSA) is 25.6 Å². The minimum absolute atomic E-state index is 0.159. The van der Waals surface area contributed by atoms with Crippen LogP contribution in [-0.4, -0.2) is 0 Å². The van der Waals surface area contributed by atoms with Crippen LogP contribution in [0.5, 0.6) is 11.5 Å². The van der Waals surface area contributed by atoms with Gasteiger partial charge in [0.15, 0.2) is 0 Å². The first-order valence-corrected chi connectivity index (χ1v) is 27.3. The summed E-state index contributed by atoms with van der Waals surface area (Å²) < 4.78 is 13.8. The van der Waals surface area contributed by atoms with Gasteiger partial charge in [-0.25, -0.2) is 0 Å². The van der Waals surface area contributed by atoms with Crippen molar-refractivity contribution >= 4 is 60.5 Å². The first-order valence-electron chi connectivity index (χ1n) is 27.3. The molecule has 3 aliphatic carbocycles. The Morgan fingerprint density at radius 3 is 1.80 bits per heavy atom. The average molecular weight is 978 g/mol. The van der Waals surface area contributed by atoms with Gasteiger partial charge in [0.05, 0.1) is 5.41 Å². The summed E-state index contributed by atoms with van der Waals surface area (Å²) in [6.07, 6.45) is 3.35. The Bertz CT molecular complexity index is 4300. The molecule has 3 nitrogen and oxygen atoms in total. The Hall–Kier alpha value is -8.66. The van der Waals surface area contributed by atoms with Gasteiger partial charge in [-0.15, -0.1) is 0 Å². The number of rotatable bonds is 5. The van der Waals surface area contributed by atoms with Crippen LogP contribution in [0, 0.1) is 11.8 Å². The van der Waals surface area contributed by atoms with E-state index in [1.54, 1.807) is 0 Å². The smallest absolute Gasteiger partial charge is 0.139 e. The highest BCUT2D eigenvalue weighted by atomic mass is 16.5. The number of anilines is 3. The molecule has 3 heteroatoms. The number of fused-ring (bicyclic) bond motifs is 19. The fourth-order valence-corrected chi connectivity index (χ4v) is 15.6. The van der Waals surface area contributed by atoms with Crippen LogP contribution >= 0.6 is 0 Å². The monoisotopic (exact) mass is 977 g/mol. The van der Waals surface area contributed by atoms with Crippen molar-refractivity contribution < 1.29 is 9.15 Å². The van der Waals surface area contributed by atoms with E-state index in [0.717, 1.165) is 91.7 Å². The lowest BCUT2D eigenvalue weighted by Crippen LogP contribution is -2.50. The fourth-order valence-electron chi connectivity index (χ4n) is 15.6. The summed E-state index contributed by atoms with van der Waals surface area (Å²) in [6.45, 7) is 7.32. The third kappa shape index (κ3) is 5.83. The lowest BCUT2D eigenvalue weighted by Gasteiger charge is -2.52. The first-order chi connectivity index (χ1) is 37.3. The van der Waals surface area contributed by atoms with Crippen LogP contribution in [0.3, 0.4) is 0 Å². The van der Waals surface area contributed by atoms with E-state index >= 15 is 0 Å². The molecule has 0 amide bonds. The quantitative estimate of drug-likeness (QED) is 0.172. The zero-order chi connectivity index (χ0) is 50.5. The molecule has 4 aliphatic rings. The maximum Gasteiger partial charge on any atom is 0.139 e. The van der Waals surface area contributed by atoms with Crippen molar-refractivity contribution in [3.8, 4) is 33.8 Å². The molecular formula is C73H55NO2. The van der Waals surface area contributed by atoms with Gasteiger partial charge in [-0.1, -0.05) is 210 Å². The van der Waals surface area contributed by atoms with Gasteiger partial charge in [-0.2, -0.15) is 0 Å². The van der Waals surface area contributed by atoms with Crippen molar-refractivity contribution in [3.63, 3.8) is 0 Å². The Kier molecular flexibility index (Phi) is 9.16. The number of hydrogen-bond donors (Lipinski definition) is 0. The van der Waals surface area contributed by atoms with E-state index in [-0.39, 0.29) is 16.7 Å². The Morgan fingerprint density at radius 1 is 0.434 bits per heavy atom. The van der Waals surface area contributed by atoms with Crippen LogP contribution in [0.4, 0.5) is 17.1 Å². The molecule has 1 saturated carbocycles. The van der Waals surface area contributed by atoms with Gasteiger partial charge < -0.3 is 14.1 Å². The largest absolute Gasteiger partial charge is 0.456 e. The summed E-state index contributed by atoms with van der Waals surface area (Å²) in [5.74, 6) is 2.55. The summed E-state index contributed by atoms with van der Waals surface area (Å²) >= 11 is 0. The van der Waals surface area contributed by atoms with Gasteiger partial charge in [0.1, 0.15) is 22.7 Å². The molecule has 1 aromatic heterocycles. The first kappa shape index (κ1) is 43.7. The molecule has 11 aromatic carbocycles. The minimum Gasteiger partial charge on any atom is -0.456 e. The van der Waals surface area contributed by atoms with Crippen LogP contribution in [-0.2, 0) is 16.2 Å². The van der Waals surface area contributed by atoms with E-state index < -0.39 is 5.41 Å². The van der Waals surface area contributed by atoms with Crippen molar-refractivity contribution in [2.45, 2.75) is 56.3 Å². The molecule has 2 unspecified atom stereocenters. The van der Waals surface area contributed by atoms with Gasteiger partial charge in [-0.05, 0) is 134 Å². The second-order valence-corrected chi connectivity index (χ2v) is 22.7. The maximum atomic E-state index is 7.43. The molecule has 16 rings (SSSR count). The van der Waals surface area contributed by atoms with Crippen LogP contribution in [0.2, 0.25) is 0 Å². The summed E-state index contributed by atoms with van der Waals surface area (Å²) in [5.41, 5.74) is 18.7. The standard InChI is InChI=1S/C73H55NO2/c1-45-16-15-41-72(61-26-11-12-27-62(61)73(70(45)72)63-39-32-47-17-4-6-21-54(47)68(63)76-69-55-22-7-5-18-48(55)33-40-64(69)73)50-19-14-20-52(43-50)74(53-36-38-57-56-23-8-10-25-60(56)71(2,3)65(57)44-53)51-34-29-46(30-35-51)49-31-37-59-58-24-9-13-28-66(58)75-67(59)42-49/h4-14,17-40,42-45,70H,15-16,41H2,1-3H3/t45?,70?,72-/m1/s1. The summed E-state index contributed by atoms with van der Waals surface area (Å²) in [4.78, 5) is 2.51. The summed E-state index contributed by atoms with van der Waals surface area (Å²) in [7, 11) is 0. The second-order valence-electron chi connectivity index (χ2n) is 22.7. The highest BCUT2D eigenvalue weighted by Gasteiger charge is 2.66. The van der Waals surface area contributed by atoms with E-state index in [4.69, 9.17) is 9.15 Å². The lowest BCUT2D eigenvalue weighted by atomic mass is 9.50. The highest BCUT2D eigenvalue weighted by molar-refractivity contribution is 6.06. The molecular weight excluding hydrogens is 923 g/mol. The number of nitrogens with zero attached hydrogens (tertiary/aromatic N) is 1. The third-order valence-electron chi connectivity index (χ3n) is 18.7. The zero-order valence-corrected chi connectivity index (χ0v) is 43.0. The van der Waals surface area contributed by atoms with Gasteiger partial charge in [0.2, 0.25) is 0 Å². The number of benzene rings is 11. The zero-order valence-electron chi connectivity index (χ0n) is 43.0. The average Bonchev–Trinajstić information content (AvgIpc) is 4.05. The van der Waals surface area contributed by atoms with E-state index in [1.165, 1.54) is 60.8 Å². The summed E-state index contributed by atoms with van der Waals surface area (Å²) in [5, 5.41) is 7.00.